The summed E-state index contributed by atoms with van der Waals surface area (Å²) in [7, 11) is 0. The quantitative estimate of drug-likeness (QED) is 0.637. The lowest BCUT2D eigenvalue weighted by Crippen LogP contribution is -2.41. The molecule has 3 rings (SSSR count). The summed E-state index contributed by atoms with van der Waals surface area (Å²) in [6, 6.07) is 16.7. The average Bonchev–Trinajstić information content (AvgIpc) is 3.15. The third-order valence-electron chi connectivity index (χ3n) is 4.56. The molecule has 0 saturated carbocycles. The maximum absolute atomic E-state index is 12.9. The van der Waals surface area contributed by atoms with Crippen molar-refractivity contribution in [1.29, 1.82) is 0 Å². The van der Waals surface area contributed by atoms with Gasteiger partial charge >= 0.3 is 0 Å². The number of benzene rings is 2. The molecule has 0 aliphatic carbocycles. The summed E-state index contributed by atoms with van der Waals surface area (Å²) in [6.45, 7) is 3.84. The van der Waals surface area contributed by atoms with Gasteiger partial charge in [0.2, 0.25) is 0 Å². The second-order valence-corrected chi connectivity index (χ2v) is 7.44. The van der Waals surface area contributed by atoms with Crippen molar-refractivity contribution in [2.45, 2.75) is 32.7 Å². The fraction of sp³-hybridized carbons (Fsp3) is 0.318. The Hall–Kier alpha value is -2.60. The van der Waals surface area contributed by atoms with Gasteiger partial charge in [-0.05, 0) is 42.8 Å². The van der Waals surface area contributed by atoms with E-state index in [9.17, 15) is 9.59 Å². The van der Waals surface area contributed by atoms with E-state index in [1.807, 2.05) is 37.3 Å². The maximum atomic E-state index is 12.9. The molecule has 1 fully saturated rings. The molecule has 2 aromatic rings. The highest BCUT2D eigenvalue weighted by Gasteiger charge is 2.34. The van der Waals surface area contributed by atoms with Crippen LogP contribution in [0.25, 0.3) is 0 Å². The number of Topliss-reactive ketones (excluding diaryl/α,β-unsaturated/α-hetero) is 1. The fourth-order valence-electron chi connectivity index (χ4n) is 2.94. The number of aliphatic imine (C=N–C) groups is 1. The summed E-state index contributed by atoms with van der Waals surface area (Å²) in [5.74, 6) is 1.38. The number of carbonyl (C=O) groups is 2. The van der Waals surface area contributed by atoms with Crippen LogP contribution in [0.2, 0.25) is 0 Å². The Morgan fingerprint density at radius 3 is 2.46 bits per heavy atom. The molecule has 6 heteroatoms. The predicted molar refractivity (Wildman–Crippen MR) is 113 cm³/mol. The van der Waals surface area contributed by atoms with Crippen LogP contribution >= 0.6 is 11.8 Å². The van der Waals surface area contributed by atoms with Crippen LogP contribution in [0.4, 0.5) is 5.69 Å². The number of amidine groups is 1. The molecule has 1 aliphatic rings. The van der Waals surface area contributed by atoms with Gasteiger partial charge in [-0.25, -0.2) is 4.99 Å². The molecular weight excluding hydrogens is 372 g/mol. The summed E-state index contributed by atoms with van der Waals surface area (Å²) in [5.41, 5.74) is 1.48. The lowest BCUT2D eigenvalue weighted by molar-refractivity contribution is -0.130. The minimum Gasteiger partial charge on any atom is -0.484 e. The number of ketones is 1. The first-order chi connectivity index (χ1) is 13.6. The van der Waals surface area contributed by atoms with Gasteiger partial charge in [0, 0.05) is 23.8 Å². The van der Waals surface area contributed by atoms with Crippen molar-refractivity contribution in [3.05, 3.63) is 60.2 Å². The number of ether oxygens (including phenoxy) is 1. The van der Waals surface area contributed by atoms with Crippen molar-refractivity contribution < 1.29 is 14.3 Å². The molecular formula is C22H24N2O3S. The number of nitrogens with zero attached hydrogens (tertiary/aromatic N) is 2. The molecule has 0 aromatic heterocycles. The molecule has 1 saturated heterocycles. The Kier molecular flexibility index (Phi) is 6.87. The van der Waals surface area contributed by atoms with Crippen molar-refractivity contribution in [3.8, 4) is 5.75 Å². The van der Waals surface area contributed by atoms with Crippen LogP contribution in [-0.2, 0) is 4.79 Å². The number of hydrogen-bond acceptors (Lipinski definition) is 5. The highest BCUT2D eigenvalue weighted by atomic mass is 32.2. The molecule has 28 heavy (non-hydrogen) atoms. The minimum atomic E-state index is -0.111. The van der Waals surface area contributed by atoms with Gasteiger partial charge in [-0.2, -0.15) is 0 Å². The van der Waals surface area contributed by atoms with Gasteiger partial charge in [0.15, 0.2) is 17.6 Å². The lowest BCUT2D eigenvalue weighted by atomic mass is 10.1. The molecule has 1 amide bonds. The third-order valence-corrected chi connectivity index (χ3v) is 5.65. The molecule has 0 radical (unpaired) electrons. The Morgan fingerprint density at radius 2 is 1.82 bits per heavy atom. The summed E-state index contributed by atoms with van der Waals surface area (Å²) in [5, 5.41) is 0.718. The van der Waals surface area contributed by atoms with E-state index in [0.717, 1.165) is 23.0 Å². The standard InChI is InChI=1S/C22H24N2O3S/c1-3-18-15-28-22(23-17-8-6-5-7-9-17)24(18)21(26)14-27-19-12-10-16(11-13-19)20(25)4-2/h5-13,18H,3-4,14-15H2,1-2H3/t18-/m0/s1. The van der Waals surface area contributed by atoms with E-state index in [-0.39, 0.29) is 24.3 Å². The normalized spacial score (nSPS) is 17.7. The minimum absolute atomic E-state index is 0.0636. The van der Waals surface area contributed by atoms with E-state index < -0.39 is 0 Å². The van der Waals surface area contributed by atoms with Crippen molar-refractivity contribution in [2.24, 2.45) is 4.99 Å². The summed E-state index contributed by atoms with van der Waals surface area (Å²) in [4.78, 5) is 31.0. The van der Waals surface area contributed by atoms with Crippen LogP contribution in [0.1, 0.15) is 37.0 Å². The second-order valence-electron chi connectivity index (χ2n) is 6.46. The zero-order chi connectivity index (χ0) is 19.9. The van der Waals surface area contributed by atoms with E-state index in [2.05, 4.69) is 11.9 Å². The van der Waals surface area contributed by atoms with Crippen LogP contribution in [0, 0.1) is 0 Å². The summed E-state index contributed by atoms with van der Waals surface area (Å²) >= 11 is 1.60. The first-order valence-electron chi connectivity index (χ1n) is 9.47. The Labute approximate surface area is 169 Å². The zero-order valence-corrected chi connectivity index (χ0v) is 16.9. The average molecular weight is 397 g/mol. The predicted octanol–water partition coefficient (Wildman–Crippen LogP) is 4.70. The van der Waals surface area contributed by atoms with E-state index in [0.29, 0.717) is 17.7 Å². The van der Waals surface area contributed by atoms with Gasteiger partial charge in [0.1, 0.15) is 5.75 Å². The fourth-order valence-corrected chi connectivity index (χ4v) is 4.22. The summed E-state index contributed by atoms with van der Waals surface area (Å²) < 4.78 is 5.67. The molecule has 146 valence electrons. The maximum Gasteiger partial charge on any atom is 0.266 e. The van der Waals surface area contributed by atoms with Gasteiger partial charge in [-0.1, -0.05) is 43.8 Å². The lowest BCUT2D eigenvalue weighted by Gasteiger charge is -2.23. The van der Waals surface area contributed by atoms with Crippen molar-refractivity contribution in [1.82, 2.24) is 4.90 Å². The van der Waals surface area contributed by atoms with Crippen molar-refractivity contribution >= 4 is 34.3 Å². The number of rotatable bonds is 7. The molecule has 1 heterocycles. The van der Waals surface area contributed by atoms with Crippen LogP contribution in [0.5, 0.6) is 5.75 Å². The smallest absolute Gasteiger partial charge is 0.266 e. The van der Waals surface area contributed by atoms with Gasteiger partial charge < -0.3 is 4.74 Å². The molecule has 0 unspecified atom stereocenters. The van der Waals surface area contributed by atoms with Crippen LogP contribution in [0.15, 0.2) is 59.6 Å². The Bertz CT molecular complexity index is 850. The van der Waals surface area contributed by atoms with Gasteiger partial charge in [0.05, 0.1) is 5.69 Å². The van der Waals surface area contributed by atoms with Crippen LogP contribution in [-0.4, -0.2) is 40.2 Å². The third kappa shape index (κ3) is 4.81. The van der Waals surface area contributed by atoms with Crippen LogP contribution < -0.4 is 4.74 Å². The second kappa shape index (κ2) is 9.55. The van der Waals surface area contributed by atoms with E-state index in [1.165, 1.54) is 0 Å². The van der Waals surface area contributed by atoms with Gasteiger partial charge in [-0.15, -0.1) is 0 Å². The highest BCUT2D eigenvalue weighted by molar-refractivity contribution is 8.14. The van der Waals surface area contributed by atoms with E-state index in [4.69, 9.17) is 4.74 Å². The van der Waals surface area contributed by atoms with Crippen LogP contribution in [0.3, 0.4) is 0 Å². The molecule has 0 spiro atoms. The van der Waals surface area contributed by atoms with Gasteiger partial charge in [0.25, 0.3) is 5.91 Å². The van der Waals surface area contributed by atoms with E-state index >= 15 is 0 Å². The number of hydrogen-bond donors (Lipinski definition) is 0. The summed E-state index contributed by atoms with van der Waals surface area (Å²) in [6.07, 6.45) is 1.33. The topological polar surface area (TPSA) is 59.0 Å². The number of amides is 1. The SMILES string of the molecule is CCC(=O)c1ccc(OCC(=O)N2C(=Nc3ccccc3)SC[C@@H]2CC)cc1. The van der Waals surface area contributed by atoms with E-state index in [1.54, 1.807) is 40.9 Å². The molecule has 1 aliphatic heterocycles. The zero-order valence-electron chi connectivity index (χ0n) is 16.1. The van der Waals surface area contributed by atoms with Crippen molar-refractivity contribution in [2.75, 3.05) is 12.4 Å². The van der Waals surface area contributed by atoms with Crippen molar-refractivity contribution in [3.63, 3.8) is 0 Å². The largest absolute Gasteiger partial charge is 0.484 e. The Morgan fingerprint density at radius 1 is 1.11 bits per heavy atom. The number of carbonyl (C=O) groups excluding carboxylic acids is 2. The highest BCUT2D eigenvalue weighted by Crippen LogP contribution is 2.29. The Balaban J connectivity index is 1.68. The first kappa shape index (κ1) is 20.1. The molecule has 5 nitrogen and oxygen atoms in total. The monoisotopic (exact) mass is 396 g/mol. The molecule has 1 atom stereocenters. The molecule has 0 N–H and O–H groups in total. The molecule has 0 bridgehead atoms. The first-order valence-corrected chi connectivity index (χ1v) is 10.5. The number of para-hydroxylation sites is 1. The number of thioether (sulfide) groups is 1. The van der Waals surface area contributed by atoms with Gasteiger partial charge in [-0.3, -0.25) is 14.5 Å². The molecule has 2 aromatic carbocycles.